The Morgan fingerprint density at radius 2 is 1.67 bits per heavy atom. The molecule has 2 aromatic carbocycles. The van der Waals surface area contributed by atoms with E-state index in [2.05, 4.69) is 34.6 Å². The highest BCUT2D eigenvalue weighted by atomic mass is 127. The Kier molecular flexibility index (Phi) is 12.5. The number of benzene rings is 2. The summed E-state index contributed by atoms with van der Waals surface area (Å²) in [5.74, 6) is 0.460. The second-order valence-corrected chi connectivity index (χ2v) is 5.93. The Morgan fingerprint density at radius 1 is 0.963 bits per heavy atom. The van der Waals surface area contributed by atoms with Crippen molar-refractivity contribution in [3.05, 3.63) is 71.3 Å². The third-order valence-electron chi connectivity index (χ3n) is 3.88. The van der Waals surface area contributed by atoms with Crippen molar-refractivity contribution in [1.29, 1.82) is 0 Å². The molecule has 3 N–H and O–H groups in total. The van der Waals surface area contributed by atoms with Gasteiger partial charge in [-0.2, -0.15) is 0 Å². The number of hydrogen-bond acceptors (Lipinski definition) is 3. The standard InChI is InChI=1S/C21H29N3O2.HI/c1-2-25-14-8-13-23-21(22)24-15-19-11-6-7-12-20(19)17-26-16-18-9-4-3-5-10-18;/h3-7,9-12H,2,8,13-17H2,1H3,(H3,22,23,24);1H. The van der Waals surface area contributed by atoms with Crippen molar-refractivity contribution in [2.75, 3.05) is 19.8 Å². The molecule has 6 heteroatoms. The topological polar surface area (TPSA) is 68.9 Å². The molecule has 0 radical (unpaired) electrons. The first kappa shape index (κ1) is 23.4. The molecule has 148 valence electrons. The van der Waals surface area contributed by atoms with E-state index in [1.807, 2.05) is 37.3 Å². The highest BCUT2D eigenvalue weighted by Gasteiger charge is 2.02. The van der Waals surface area contributed by atoms with E-state index in [9.17, 15) is 0 Å². The zero-order valence-corrected chi connectivity index (χ0v) is 18.2. The van der Waals surface area contributed by atoms with E-state index in [1.165, 1.54) is 5.56 Å². The summed E-state index contributed by atoms with van der Waals surface area (Å²) in [6.45, 7) is 5.92. The van der Waals surface area contributed by atoms with Crippen LogP contribution in [-0.4, -0.2) is 25.7 Å². The molecule has 2 rings (SSSR count). The monoisotopic (exact) mass is 483 g/mol. The first-order valence-electron chi connectivity index (χ1n) is 9.09. The normalized spacial score (nSPS) is 11.1. The van der Waals surface area contributed by atoms with E-state index in [0.717, 1.165) is 37.3 Å². The second-order valence-electron chi connectivity index (χ2n) is 5.93. The van der Waals surface area contributed by atoms with Crippen molar-refractivity contribution in [2.24, 2.45) is 10.7 Å². The van der Waals surface area contributed by atoms with Crippen LogP contribution in [0.5, 0.6) is 0 Å². The highest BCUT2D eigenvalue weighted by Crippen LogP contribution is 2.12. The molecule has 0 heterocycles. The van der Waals surface area contributed by atoms with Crippen molar-refractivity contribution in [3.8, 4) is 0 Å². The van der Waals surface area contributed by atoms with Gasteiger partial charge in [-0.3, -0.25) is 0 Å². The van der Waals surface area contributed by atoms with Crippen LogP contribution in [0, 0.1) is 0 Å². The fourth-order valence-corrected chi connectivity index (χ4v) is 2.47. The Bertz CT molecular complexity index is 665. The van der Waals surface area contributed by atoms with Gasteiger partial charge >= 0.3 is 0 Å². The maximum atomic E-state index is 5.93. The molecule has 0 aliphatic carbocycles. The SMILES string of the molecule is CCOCCCNC(N)=NCc1ccccc1COCc1ccccc1.I. The average molecular weight is 483 g/mol. The van der Waals surface area contributed by atoms with Gasteiger partial charge in [0.25, 0.3) is 0 Å². The molecule has 2 aromatic rings. The predicted molar refractivity (Wildman–Crippen MR) is 121 cm³/mol. The second kappa shape index (κ2) is 14.4. The van der Waals surface area contributed by atoms with Gasteiger partial charge in [0, 0.05) is 19.8 Å². The van der Waals surface area contributed by atoms with Crippen LogP contribution in [0.3, 0.4) is 0 Å². The third kappa shape index (κ3) is 9.74. The number of ether oxygens (including phenoxy) is 2. The van der Waals surface area contributed by atoms with Crippen LogP contribution in [0.25, 0.3) is 0 Å². The molecule has 0 aliphatic rings. The van der Waals surface area contributed by atoms with Crippen molar-refractivity contribution in [2.45, 2.75) is 33.1 Å². The number of hydrogen-bond donors (Lipinski definition) is 2. The Morgan fingerprint density at radius 3 is 2.41 bits per heavy atom. The third-order valence-corrected chi connectivity index (χ3v) is 3.88. The summed E-state index contributed by atoms with van der Waals surface area (Å²) in [5, 5.41) is 3.11. The summed E-state index contributed by atoms with van der Waals surface area (Å²) in [6, 6.07) is 18.3. The largest absolute Gasteiger partial charge is 0.382 e. The number of nitrogens with zero attached hydrogens (tertiary/aromatic N) is 1. The van der Waals surface area contributed by atoms with Crippen LogP contribution < -0.4 is 11.1 Å². The fourth-order valence-electron chi connectivity index (χ4n) is 2.47. The maximum absolute atomic E-state index is 5.93. The van der Waals surface area contributed by atoms with Gasteiger partial charge in [-0.1, -0.05) is 54.6 Å². The predicted octanol–water partition coefficient (Wildman–Crippen LogP) is 3.85. The molecule has 0 amide bonds. The quantitative estimate of drug-likeness (QED) is 0.221. The van der Waals surface area contributed by atoms with Gasteiger partial charge in [0.2, 0.25) is 0 Å². The zero-order valence-electron chi connectivity index (χ0n) is 15.9. The van der Waals surface area contributed by atoms with E-state index in [0.29, 0.717) is 25.7 Å². The lowest BCUT2D eigenvalue weighted by Gasteiger charge is -2.10. The summed E-state index contributed by atoms with van der Waals surface area (Å²) >= 11 is 0. The number of halogens is 1. The van der Waals surface area contributed by atoms with Gasteiger partial charge in [0.15, 0.2) is 5.96 Å². The van der Waals surface area contributed by atoms with Crippen molar-refractivity contribution in [1.82, 2.24) is 5.32 Å². The van der Waals surface area contributed by atoms with Gasteiger partial charge < -0.3 is 20.5 Å². The zero-order chi connectivity index (χ0) is 18.5. The van der Waals surface area contributed by atoms with Crippen molar-refractivity contribution >= 4 is 29.9 Å². The number of aliphatic imine (C=N–C) groups is 1. The molecular formula is C21H30IN3O2. The molecule has 0 aliphatic heterocycles. The lowest BCUT2D eigenvalue weighted by atomic mass is 10.1. The first-order chi connectivity index (χ1) is 12.8. The van der Waals surface area contributed by atoms with Gasteiger partial charge in [0.05, 0.1) is 19.8 Å². The summed E-state index contributed by atoms with van der Waals surface area (Å²) in [7, 11) is 0. The summed E-state index contributed by atoms with van der Waals surface area (Å²) < 4.78 is 11.1. The summed E-state index contributed by atoms with van der Waals surface area (Å²) in [6.07, 6.45) is 0.911. The Balaban J connectivity index is 0.00000364. The van der Waals surface area contributed by atoms with E-state index >= 15 is 0 Å². The minimum Gasteiger partial charge on any atom is -0.382 e. The fraction of sp³-hybridized carbons (Fsp3) is 0.381. The molecule has 5 nitrogen and oxygen atoms in total. The van der Waals surface area contributed by atoms with E-state index < -0.39 is 0 Å². The molecule has 0 bridgehead atoms. The van der Waals surface area contributed by atoms with E-state index in [1.54, 1.807) is 0 Å². The minimum absolute atomic E-state index is 0. The average Bonchev–Trinajstić information content (AvgIpc) is 2.68. The molecule has 0 fully saturated rings. The van der Waals surface area contributed by atoms with E-state index in [-0.39, 0.29) is 24.0 Å². The number of guanidine groups is 1. The lowest BCUT2D eigenvalue weighted by molar-refractivity contribution is 0.106. The lowest BCUT2D eigenvalue weighted by Crippen LogP contribution is -2.32. The van der Waals surface area contributed by atoms with E-state index in [4.69, 9.17) is 15.2 Å². The minimum atomic E-state index is 0. The molecule has 0 unspecified atom stereocenters. The van der Waals surface area contributed by atoms with Crippen molar-refractivity contribution < 1.29 is 9.47 Å². The molecule has 0 aromatic heterocycles. The Labute approximate surface area is 179 Å². The number of nitrogens with two attached hydrogens (primary N) is 1. The first-order valence-corrected chi connectivity index (χ1v) is 9.09. The smallest absolute Gasteiger partial charge is 0.188 e. The number of nitrogens with one attached hydrogen (secondary N) is 1. The van der Waals surface area contributed by atoms with Crippen LogP contribution in [-0.2, 0) is 29.2 Å². The van der Waals surface area contributed by atoms with Gasteiger partial charge in [-0.25, -0.2) is 4.99 Å². The molecular weight excluding hydrogens is 453 g/mol. The molecule has 0 spiro atoms. The molecule has 0 atom stereocenters. The van der Waals surface area contributed by atoms with Crippen LogP contribution in [0.1, 0.15) is 30.0 Å². The molecule has 27 heavy (non-hydrogen) atoms. The summed E-state index contributed by atoms with van der Waals surface area (Å²) in [5.41, 5.74) is 9.36. The van der Waals surface area contributed by atoms with Crippen LogP contribution >= 0.6 is 24.0 Å². The Hall–Kier alpha value is -1.64. The van der Waals surface area contributed by atoms with Crippen molar-refractivity contribution in [3.63, 3.8) is 0 Å². The van der Waals surface area contributed by atoms with Gasteiger partial charge in [-0.15, -0.1) is 24.0 Å². The van der Waals surface area contributed by atoms with Gasteiger partial charge in [0.1, 0.15) is 0 Å². The summed E-state index contributed by atoms with van der Waals surface area (Å²) in [4.78, 5) is 4.43. The maximum Gasteiger partial charge on any atom is 0.188 e. The highest BCUT2D eigenvalue weighted by molar-refractivity contribution is 14.0. The van der Waals surface area contributed by atoms with Crippen LogP contribution in [0.4, 0.5) is 0 Å². The van der Waals surface area contributed by atoms with Crippen LogP contribution in [0.2, 0.25) is 0 Å². The number of rotatable bonds is 11. The van der Waals surface area contributed by atoms with Gasteiger partial charge in [-0.05, 0) is 30.0 Å². The van der Waals surface area contributed by atoms with Crippen LogP contribution in [0.15, 0.2) is 59.6 Å². The molecule has 0 saturated carbocycles. The molecule has 0 saturated heterocycles.